The van der Waals surface area contributed by atoms with Crippen LogP contribution < -0.4 is 15.4 Å². The van der Waals surface area contributed by atoms with Crippen LogP contribution in [0.4, 0.5) is 23.7 Å². The molecule has 4 amide bonds. The van der Waals surface area contributed by atoms with Crippen LogP contribution in [0.5, 0.6) is 0 Å². The number of pyridine rings is 1. The second-order valence-electron chi connectivity index (χ2n) is 14.0. The summed E-state index contributed by atoms with van der Waals surface area (Å²) >= 11 is 0. The van der Waals surface area contributed by atoms with Gasteiger partial charge in [-0.05, 0) is 82.6 Å². The lowest BCUT2D eigenvalue weighted by molar-refractivity contribution is -0.140. The topological polar surface area (TPSA) is 164 Å². The van der Waals surface area contributed by atoms with E-state index in [9.17, 15) is 40.8 Å². The molecule has 2 aromatic rings. The number of halogens is 3. The maximum Gasteiger partial charge on any atom is 0.416 e. The van der Waals surface area contributed by atoms with E-state index in [0.29, 0.717) is 37.2 Å². The molecule has 0 bridgehead atoms. The molecule has 1 aromatic carbocycles. The molecule has 1 aromatic heterocycles. The van der Waals surface area contributed by atoms with Crippen LogP contribution in [0.3, 0.4) is 0 Å². The number of alkyl halides is 3. The molecule has 16 heteroatoms. The van der Waals surface area contributed by atoms with Gasteiger partial charge in [0.25, 0.3) is 5.91 Å². The zero-order valence-corrected chi connectivity index (χ0v) is 30.4. The van der Waals surface area contributed by atoms with Gasteiger partial charge in [0, 0.05) is 30.8 Å². The van der Waals surface area contributed by atoms with Gasteiger partial charge >= 0.3 is 12.3 Å². The quantitative estimate of drug-likeness (QED) is 0.158. The molecule has 3 N–H and O–H groups in total. The number of sulfonamides is 1. The number of unbranched alkanes of at least 4 members (excludes halogenated alkanes) is 2. The molecule has 5 unspecified atom stereocenters. The van der Waals surface area contributed by atoms with Gasteiger partial charge in [-0.1, -0.05) is 24.3 Å². The number of nitrogens with zero attached hydrogens (tertiary/aromatic N) is 2. The zero-order chi connectivity index (χ0) is 38.7. The minimum absolute atomic E-state index is 0.0869. The SMILES string of the molecule is C=CCCCCN(C)C(=O)C1CC(OC(=O)Nc2cc(C(F)(F)F)ccc2-c2cccc(C)n2)CC1C(=O)NC1(C(=O)NS(=O)(=O)C2CC2)CC1C=C. The van der Waals surface area contributed by atoms with Gasteiger partial charge in [0.2, 0.25) is 21.8 Å². The lowest BCUT2D eigenvalue weighted by Gasteiger charge is -2.26. The van der Waals surface area contributed by atoms with E-state index >= 15 is 0 Å². The Morgan fingerprint density at radius 1 is 1.08 bits per heavy atom. The molecule has 53 heavy (non-hydrogen) atoms. The largest absolute Gasteiger partial charge is 0.446 e. The Bertz CT molecular complexity index is 1880. The Morgan fingerprint density at radius 2 is 1.79 bits per heavy atom. The van der Waals surface area contributed by atoms with Gasteiger partial charge < -0.3 is 15.0 Å². The molecule has 286 valence electrons. The number of carbonyl (C=O) groups is 4. The van der Waals surface area contributed by atoms with Crippen LogP contribution in [-0.2, 0) is 35.3 Å². The summed E-state index contributed by atoms with van der Waals surface area (Å²) in [5.41, 5.74) is -1.69. The van der Waals surface area contributed by atoms with E-state index in [-0.39, 0.29) is 30.5 Å². The summed E-state index contributed by atoms with van der Waals surface area (Å²) in [6, 6.07) is 7.83. The molecule has 12 nitrogen and oxygen atoms in total. The van der Waals surface area contributed by atoms with Crippen LogP contribution in [0.2, 0.25) is 0 Å². The van der Waals surface area contributed by atoms with Crippen molar-refractivity contribution >= 4 is 39.5 Å². The number of nitrogens with one attached hydrogen (secondary N) is 3. The average Bonchev–Trinajstić information content (AvgIpc) is 4.02. The van der Waals surface area contributed by atoms with Gasteiger partial charge in [-0.2, -0.15) is 13.2 Å². The van der Waals surface area contributed by atoms with E-state index in [1.165, 1.54) is 17.0 Å². The first-order valence-electron chi connectivity index (χ1n) is 17.5. The van der Waals surface area contributed by atoms with E-state index in [1.807, 2.05) is 0 Å². The fraction of sp³-hybridized carbons (Fsp3) is 0.486. The maximum absolute atomic E-state index is 14.0. The van der Waals surface area contributed by atoms with Crippen molar-refractivity contribution in [3.05, 3.63) is 73.0 Å². The number of rotatable bonds is 15. The number of ether oxygens (including phenoxy) is 1. The molecule has 5 rings (SSSR count). The molecule has 3 aliphatic carbocycles. The Balaban J connectivity index is 1.36. The second-order valence-corrected chi connectivity index (χ2v) is 15.9. The third-order valence-electron chi connectivity index (χ3n) is 9.97. The molecule has 0 saturated heterocycles. The molecule has 0 radical (unpaired) electrons. The number of amides is 4. The summed E-state index contributed by atoms with van der Waals surface area (Å²) in [6.45, 7) is 9.49. The molecule has 0 spiro atoms. The van der Waals surface area contributed by atoms with E-state index in [2.05, 4.69) is 33.5 Å². The normalized spacial score (nSPS) is 23.7. The summed E-state index contributed by atoms with van der Waals surface area (Å²) in [4.78, 5) is 60.2. The molecule has 0 aliphatic heterocycles. The van der Waals surface area contributed by atoms with Gasteiger partial charge in [0.15, 0.2) is 0 Å². The smallest absolute Gasteiger partial charge is 0.416 e. The number of aryl methyl sites for hydroxylation is 1. The first-order chi connectivity index (χ1) is 25.0. The lowest BCUT2D eigenvalue weighted by atomic mass is 9.93. The van der Waals surface area contributed by atoms with Gasteiger partial charge in [-0.15, -0.1) is 13.2 Å². The summed E-state index contributed by atoms with van der Waals surface area (Å²) < 4.78 is 74.0. The van der Waals surface area contributed by atoms with Crippen molar-refractivity contribution in [3.63, 3.8) is 0 Å². The number of hydrogen-bond acceptors (Lipinski definition) is 8. The van der Waals surface area contributed by atoms with E-state index < -0.39 is 80.2 Å². The monoisotopic (exact) mass is 759 g/mol. The van der Waals surface area contributed by atoms with Crippen molar-refractivity contribution in [2.24, 2.45) is 17.8 Å². The molecular weight excluding hydrogens is 715 g/mol. The Kier molecular flexibility index (Phi) is 11.7. The predicted molar refractivity (Wildman–Crippen MR) is 190 cm³/mol. The number of hydrogen-bond donors (Lipinski definition) is 3. The molecule has 5 atom stereocenters. The zero-order valence-electron chi connectivity index (χ0n) is 29.6. The number of carbonyl (C=O) groups excluding carboxylic acids is 4. The molecule has 1 heterocycles. The first-order valence-corrected chi connectivity index (χ1v) is 19.0. The summed E-state index contributed by atoms with van der Waals surface area (Å²) in [5, 5.41) is 4.43. The van der Waals surface area contributed by atoms with Crippen molar-refractivity contribution in [1.82, 2.24) is 19.9 Å². The van der Waals surface area contributed by atoms with Gasteiger partial charge in [-0.25, -0.2) is 13.2 Å². The van der Waals surface area contributed by atoms with Crippen molar-refractivity contribution < 1.29 is 45.5 Å². The highest BCUT2D eigenvalue weighted by molar-refractivity contribution is 7.91. The number of benzene rings is 1. The highest BCUT2D eigenvalue weighted by atomic mass is 32.2. The van der Waals surface area contributed by atoms with E-state index in [1.54, 1.807) is 38.2 Å². The Labute approximate surface area is 306 Å². The summed E-state index contributed by atoms with van der Waals surface area (Å²) in [5.74, 6) is -4.64. The minimum Gasteiger partial charge on any atom is -0.446 e. The van der Waals surface area contributed by atoms with E-state index in [0.717, 1.165) is 25.0 Å². The average molecular weight is 760 g/mol. The summed E-state index contributed by atoms with van der Waals surface area (Å²) in [7, 11) is -2.34. The minimum atomic E-state index is -4.71. The Morgan fingerprint density at radius 3 is 2.42 bits per heavy atom. The van der Waals surface area contributed by atoms with Crippen molar-refractivity contribution in [1.29, 1.82) is 0 Å². The first kappa shape index (κ1) is 39.5. The van der Waals surface area contributed by atoms with E-state index in [4.69, 9.17) is 4.74 Å². The predicted octanol–water partition coefficient (Wildman–Crippen LogP) is 5.50. The van der Waals surface area contributed by atoms with Crippen LogP contribution in [0.25, 0.3) is 11.3 Å². The molecule has 3 aliphatic rings. The third kappa shape index (κ3) is 9.26. The van der Waals surface area contributed by atoms with Gasteiger partial charge in [0.1, 0.15) is 11.6 Å². The van der Waals surface area contributed by atoms with Crippen LogP contribution in [0.15, 0.2) is 61.7 Å². The van der Waals surface area contributed by atoms with Crippen LogP contribution in [-0.4, -0.2) is 72.6 Å². The lowest BCUT2D eigenvalue weighted by Crippen LogP contribution is -2.54. The maximum atomic E-state index is 14.0. The van der Waals surface area contributed by atoms with Crippen molar-refractivity contribution in [3.8, 4) is 11.3 Å². The fourth-order valence-corrected chi connectivity index (χ4v) is 8.10. The molecule has 3 fully saturated rings. The van der Waals surface area contributed by atoms with Crippen molar-refractivity contribution in [2.75, 3.05) is 18.9 Å². The number of anilines is 1. The van der Waals surface area contributed by atoms with Crippen LogP contribution in [0.1, 0.15) is 62.6 Å². The number of allylic oxidation sites excluding steroid dienone is 1. The third-order valence-corrected chi connectivity index (χ3v) is 11.8. The second kappa shape index (κ2) is 15.7. The highest BCUT2D eigenvalue weighted by Gasteiger charge is 2.62. The Hall–Kier alpha value is -4.73. The van der Waals surface area contributed by atoms with Gasteiger partial charge in [0.05, 0.1) is 34.0 Å². The van der Waals surface area contributed by atoms with Gasteiger partial charge in [-0.3, -0.25) is 29.4 Å². The van der Waals surface area contributed by atoms with Crippen molar-refractivity contribution in [2.45, 2.75) is 81.4 Å². The summed E-state index contributed by atoms with van der Waals surface area (Å²) in [6.07, 6.45) is -0.722. The number of aromatic nitrogens is 1. The van der Waals surface area contributed by atoms with Crippen LogP contribution >= 0.6 is 0 Å². The fourth-order valence-electron chi connectivity index (χ4n) is 6.74. The highest BCUT2D eigenvalue weighted by Crippen LogP contribution is 2.46. The van der Waals surface area contributed by atoms with Crippen LogP contribution in [0, 0.1) is 24.7 Å². The molecule has 3 saturated carbocycles. The molecular formula is C37H44F3N5O7S. The standard InChI is InChI=1S/C37H44F3N5O7S/c1-5-7-8-9-17-45(4)33(47)29-20-25(19-28(29)32(46)43-36(21-23(36)6-2)34(48)44-53(50,51)26-14-15-26)52-35(49)42-31-18-24(37(38,39)40)13-16-27(31)30-12-10-11-22(3)41-30/h5-6,10-13,16,18,23,25-26,28-29H,1-2,7-9,14-15,17,19-21H2,3-4H3,(H,42,49)(H,43,46)(H,44,48).